The van der Waals surface area contributed by atoms with E-state index in [2.05, 4.69) is 15.0 Å². The second-order valence-corrected chi connectivity index (χ2v) is 7.89. The summed E-state index contributed by atoms with van der Waals surface area (Å²) < 4.78 is 5.25. The van der Waals surface area contributed by atoms with E-state index in [1.54, 1.807) is 6.07 Å². The predicted molar refractivity (Wildman–Crippen MR) is 121 cm³/mol. The normalized spacial score (nSPS) is 12.5. The molecule has 0 atom stereocenters. The molecule has 1 aliphatic heterocycles. The molecule has 2 heterocycles. The molecule has 0 radical (unpaired) electrons. The first-order valence-electron chi connectivity index (χ1n) is 10.1. The number of hydrogen-bond acceptors (Lipinski definition) is 5. The smallest absolute Gasteiger partial charge is 0.336 e. The van der Waals surface area contributed by atoms with Crippen molar-refractivity contribution in [1.82, 2.24) is 9.97 Å². The van der Waals surface area contributed by atoms with Gasteiger partial charge in [0.25, 0.3) is 6.47 Å². The Morgan fingerprint density at radius 3 is 2.62 bits per heavy atom. The van der Waals surface area contributed by atoms with Gasteiger partial charge in [0.2, 0.25) is 0 Å². The van der Waals surface area contributed by atoms with Gasteiger partial charge in [-0.3, -0.25) is 9.79 Å². The molecule has 1 aliphatic rings. The molecule has 7 heteroatoms. The average Bonchev–Trinajstić information content (AvgIpc) is 3.36. The summed E-state index contributed by atoms with van der Waals surface area (Å²) in [5, 5.41) is 9.96. The lowest BCUT2D eigenvalue weighted by Gasteiger charge is -2.12. The van der Waals surface area contributed by atoms with Crippen LogP contribution in [0.15, 0.2) is 53.5 Å². The molecule has 158 valence electrons. The number of nitrogens with one attached hydrogen (secondary N) is 1. The Labute approximate surface area is 183 Å². The molecule has 32 heavy (non-hydrogen) atoms. The van der Waals surface area contributed by atoms with Crippen LogP contribution < -0.4 is 4.74 Å². The summed E-state index contributed by atoms with van der Waals surface area (Å²) >= 11 is 0. The molecule has 3 aromatic carbocycles. The van der Waals surface area contributed by atoms with E-state index in [0.717, 1.165) is 33.4 Å². The van der Waals surface area contributed by atoms with Crippen molar-refractivity contribution in [3.05, 3.63) is 76.3 Å². The molecule has 0 bridgehead atoms. The molecule has 2 N–H and O–H groups in total. The summed E-state index contributed by atoms with van der Waals surface area (Å²) in [5.41, 5.74) is 7.05. The number of carboxylic acid groups (broad SMARTS) is 1. The number of imidazole rings is 1. The van der Waals surface area contributed by atoms with Crippen molar-refractivity contribution in [2.24, 2.45) is 4.99 Å². The third kappa shape index (κ3) is 3.33. The second-order valence-electron chi connectivity index (χ2n) is 7.89. The Balaban J connectivity index is 1.67. The first-order chi connectivity index (χ1) is 15.4. The molecule has 0 aliphatic carbocycles. The minimum absolute atomic E-state index is 0.0677. The van der Waals surface area contributed by atoms with Crippen LogP contribution in [-0.4, -0.2) is 33.2 Å². The van der Waals surface area contributed by atoms with Crippen LogP contribution >= 0.6 is 0 Å². The van der Waals surface area contributed by atoms with Crippen LogP contribution in [0.5, 0.6) is 5.75 Å². The van der Waals surface area contributed by atoms with Crippen LogP contribution in [0.1, 0.15) is 32.6 Å². The first-order valence-corrected chi connectivity index (χ1v) is 10.1. The zero-order valence-electron chi connectivity index (χ0n) is 17.5. The van der Waals surface area contributed by atoms with Gasteiger partial charge in [0.1, 0.15) is 11.6 Å². The minimum Gasteiger partial charge on any atom is -0.478 e. The lowest BCUT2D eigenvalue weighted by molar-refractivity contribution is -0.120. The number of aliphatic imine (C=N–C) groups is 1. The van der Waals surface area contributed by atoms with E-state index in [-0.39, 0.29) is 11.3 Å². The van der Waals surface area contributed by atoms with Gasteiger partial charge in [-0.15, -0.1) is 0 Å². The van der Waals surface area contributed by atoms with E-state index in [9.17, 15) is 14.7 Å². The lowest BCUT2D eigenvalue weighted by atomic mass is 9.96. The number of aryl methyl sites for hydroxylation is 2. The number of aromatic nitrogens is 2. The molecule has 0 amide bonds. The Bertz CT molecular complexity index is 1450. The Morgan fingerprint density at radius 1 is 1.06 bits per heavy atom. The van der Waals surface area contributed by atoms with Gasteiger partial charge in [-0.1, -0.05) is 23.8 Å². The molecule has 0 spiro atoms. The van der Waals surface area contributed by atoms with Crippen LogP contribution in [0.2, 0.25) is 0 Å². The number of rotatable bonds is 5. The predicted octanol–water partition coefficient (Wildman–Crippen LogP) is 4.76. The van der Waals surface area contributed by atoms with Gasteiger partial charge in [-0.2, -0.15) is 0 Å². The quantitative estimate of drug-likeness (QED) is 0.449. The molecule has 1 aromatic heterocycles. The highest BCUT2D eigenvalue weighted by Gasteiger charge is 2.25. The summed E-state index contributed by atoms with van der Waals surface area (Å²) in [6.45, 7) is 4.30. The average molecular weight is 425 g/mol. The van der Waals surface area contributed by atoms with Gasteiger partial charge in [-0.05, 0) is 55.3 Å². The number of carboxylic acids is 1. The fraction of sp³-hybridized carbons (Fsp3) is 0.120. The molecule has 0 saturated carbocycles. The Morgan fingerprint density at radius 2 is 1.84 bits per heavy atom. The van der Waals surface area contributed by atoms with Gasteiger partial charge in [0.05, 0.1) is 33.6 Å². The van der Waals surface area contributed by atoms with Gasteiger partial charge >= 0.3 is 5.97 Å². The van der Waals surface area contributed by atoms with Crippen LogP contribution in [0.3, 0.4) is 0 Å². The van der Waals surface area contributed by atoms with Crippen molar-refractivity contribution in [2.45, 2.75) is 20.3 Å². The monoisotopic (exact) mass is 425 g/mol. The summed E-state index contributed by atoms with van der Waals surface area (Å²) in [7, 11) is 0. The van der Waals surface area contributed by atoms with Crippen molar-refractivity contribution in [1.29, 1.82) is 0 Å². The maximum absolute atomic E-state index is 12.2. The van der Waals surface area contributed by atoms with E-state index >= 15 is 0 Å². The second kappa shape index (κ2) is 7.46. The fourth-order valence-corrected chi connectivity index (χ4v) is 4.07. The minimum atomic E-state index is -1.10. The summed E-state index contributed by atoms with van der Waals surface area (Å²) in [6, 6.07) is 14.7. The number of ether oxygens (including phenoxy) is 1. The van der Waals surface area contributed by atoms with Crippen LogP contribution in [-0.2, 0) is 11.2 Å². The highest BCUT2D eigenvalue weighted by Crippen LogP contribution is 2.36. The molecule has 7 nitrogen and oxygen atoms in total. The highest BCUT2D eigenvalue weighted by atomic mass is 16.5. The lowest BCUT2D eigenvalue weighted by Crippen LogP contribution is -2.11. The van der Waals surface area contributed by atoms with E-state index in [1.165, 1.54) is 6.07 Å². The van der Waals surface area contributed by atoms with Crippen molar-refractivity contribution in [2.75, 3.05) is 0 Å². The Hall–Kier alpha value is -4.26. The van der Waals surface area contributed by atoms with Gasteiger partial charge < -0.3 is 14.8 Å². The standard InChI is InChI=1S/C25H19N3O4/c1-13-3-5-19-15(7-13)9-21(26-19)16-11-23(32-12-29)18(10-17(16)25(30)31)24-27-20-6-4-14(2)8-22(20)28-24/h3-8,10-12H,9H2,1-2H3,(H,27,28)(H,30,31). The van der Waals surface area contributed by atoms with Crippen LogP contribution in [0.4, 0.5) is 5.69 Å². The van der Waals surface area contributed by atoms with Crippen molar-refractivity contribution in [3.8, 4) is 17.1 Å². The molecule has 4 aromatic rings. The molecule has 0 unspecified atom stereocenters. The molecule has 5 rings (SSSR count). The van der Waals surface area contributed by atoms with E-state index in [1.807, 2.05) is 50.2 Å². The largest absolute Gasteiger partial charge is 0.478 e. The van der Waals surface area contributed by atoms with E-state index in [0.29, 0.717) is 35.6 Å². The number of aromatic carboxylic acids is 1. The zero-order chi connectivity index (χ0) is 22.4. The molecular formula is C25H19N3O4. The third-order valence-corrected chi connectivity index (χ3v) is 5.58. The van der Waals surface area contributed by atoms with Gasteiger partial charge in [0, 0.05) is 12.0 Å². The van der Waals surface area contributed by atoms with Crippen molar-refractivity contribution in [3.63, 3.8) is 0 Å². The van der Waals surface area contributed by atoms with Crippen molar-refractivity contribution < 1.29 is 19.4 Å². The van der Waals surface area contributed by atoms with Gasteiger partial charge in [0.15, 0.2) is 0 Å². The Kier molecular flexibility index (Phi) is 4.59. The molecular weight excluding hydrogens is 406 g/mol. The summed E-state index contributed by atoms with van der Waals surface area (Å²) in [5.74, 6) is -0.463. The van der Waals surface area contributed by atoms with E-state index < -0.39 is 5.97 Å². The number of carbonyl (C=O) groups excluding carboxylic acids is 1. The number of H-pyrrole nitrogens is 1. The maximum Gasteiger partial charge on any atom is 0.336 e. The number of nitrogens with zero attached hydrogens (tertiary/aromatic N) is 2. The van der Waals surface area contributed by atoms with Crippen molar-refractivity contribution >= 4 is 34.9 Å². The highest BCUT2D eigenvalue weighted by molar-refractivity contribution is 6.13. The van der Waals surface area contributed by atoms with Gasteiger partial charge in [-0.25, -0.2) is 9.78 Å². The molecule has 0 saturated heterocycles. The maximum atomic E-state index is 12.2. The number of fused-ring (bicyclic) bond motifs is 2. The van der Waals surface area contributed by atoms with E-state index in [4.69, 9.17) is 4.74 Å². The number of hydrogen-bond donors (Lipinski definition) is 2. The van der Waals surface area contributed by atoms with Crippen LogP contribution in [0.25, 0.3) is 22.4 Å². The summed E-state index contributed by atoms with van der Waals surface area (Å²) in [4.78, 5) is 35.8. The summed E-state index contributed by atoms with van der Waals surface area (Å²) in [6.07, 6.45) is 0.501. The number of aromatic amines is 1. The number of carbonyl (C=O) groups is 2. The first kappa shape index (κ1) is 19.7. The topological polar surface area (TPSA) is 105 Å². The third-order valence-electron chi connectivity index (χ3n) is 5.58. The SMILES string of the molecule is Cc1ccc2c(c1)CC(c1cc(OC=O)c(-c3nc4ccc(C)cc4[nH]3)cc1C(=O)O)=N2. The van der Waals surface area contributed by atoms with Crippen LogP contribution in [0, 0.1) is 13.8 Å². The number of benzene rings is 3. The zero-order valence-corrected chi connectivity index (χ0v) is 17.5. The fourth-order valence-electron chi connectivity index (χ4n) is 4.07. The molecule has 0 fully saturated rings.